The maximum Gasteiger partial charge on any atom is 0.233 e. The Hall–Kier alpha value is -0.850. The van der Waals surface area contributed by atoms with Crippen molar-refractivity contribution in [1.82, 2.24) is 14.9 Å². The van der Waals surface area contributed by atoms with E-state index in [1.165, 1.54) is 16.6 Å². The molecule has 1 fully saturated rings. The largest absolute Gasteiger partial charge is 0.342 e. The summed E-state index contributed by atoms with van der Waals surface area (Å²) in [7, 11) is 0. The second-order valence-electron chi connectivity index (χ2n) is 5.14. The van der Waals surface area contributed by atoms with E-state index in [0.29, 0.717) is 16.1 Å². The molecule has 4 nitrogen and oxygen atoms in total. The number of hydrogen-bond acceptors (Lipinski definition) is 5. The highest BCUT2D eigenvalue weighted by Gasteiger charge is 2.19. The molecular weight excluding hydrogens is 326 g/mol. The van der Waals surface area contributed by atoms with Gasteiger partial charge in [0.1, 0.15) is 9.98 Å². The molecule has 2 aromatic heterocycles. The van der Waals surface area contributed by atoms with E-state index in [0.717, 1.165) is 41.7 Å². The summed E-state index contributed by atoms with van der Waals surface area (Å²) in [5, 5.41) is 2.01. The van der Waals surface area contributed by atoms with Crippen LogP contribution in [0.1, 0.15) is 23.3 Å². The van der Waals surface area contributed by atoms with Crippen molar-refractivity contribution < 1.29 is 4.79 Å². The summed E-state index contributed by atoms with van der Waals surface area (Å²) >= 11 is 9.26. The Morgan fingerprint density at radius 1 is 1.33 bits per heavy atom. The first-order valence-corrected chi connectivity index (χ1v) is 9.08. The first-order valence-electron chi connectivity index (χ1n) is 6.90. The summed E-state index contributed by atoms with van der Waals surface area (Å²) in [5.74, 6) is 0.543. The lowest BCUT2D eigenvalue weighted by Gasteiger charge is -2.14. The summed E-state index contributed by atoms with van der Waals surface area (Å²) in [4.78, 5) is 24.9. The molecule has 0 bridgehead atoms. The molecule has 0 atom stereocenters. The quantitative estimate of drug-likeness (QED) is 0.485. The minimum Gasteiger partial charge on any atom is -0.342 e. The highest BCUT2D eigenvalue weighted by Crippen LogP contribution is 2.34. The molecule has 7 heteroatoms. The number of carbonyl (C=O) groups is 1. The summed E-state index contributed by atoms with van der Waals surface area (Å²) in [6.45, 7) is 5.85. The van der Waals surface area contributed by atoms with Gasteiger partial charge in [0.2, 0.25) is 5.91 Å². The molecule has 0 spiro atoms. The number of nitrogens with zero attached hydrogens (tertiary/aromatic N) is 3. The Morgan fingerprint density at radius 2 is 2.05 bits per heavy atom. The molecule has 0 radical (unpaired) electrons. The van der Waals surface area contributed by atoms with Gasteiger partial charge in [-0.25, -0.2) is 9.97 Å². The van der Waals surface area contributed by atoms with E-state index >= 15 is 0 Å². The fourth-order valence-corrected chi connectivity index (χ4v) is 4.68. The van der Waals surface area contributed by atoms with Crippen molar-refractivity contribution in [3.05, 3.63) is 15.6 Å². The van der Waals surface area contributed by atoms with Crippen LogP contribution < -0.4 is 0 Å². The molecule has 0 saturated carbocycles. The van der Waals surface area contributed by atoms with Crippen molar-refractivity contribution in [2.75, 3.05) is 18.8 Å². The van der Waals surface area contributed by atoms with Crippen molar-refractivity contribution >= 4 is 50.8 Å². The van der Waals surface area contributed by atoms with Crippen LogP contribution in [0.15, 0.2) is 5.16 Å². The molecule has 3 heterocycles. The third-order valence-corrected chi connectivity index (χ3v) is 5.95. The molecule has 112 valence electrons. The number of likely N-dealkylation sites (tertiary alicyclic amines) is 1. The number of aryl methyl sites for hydroxylation is 2. The average Bonchev–Trinajstić information content (AvgIpc) is 3.06. The van der Waals surface area contributed by atoms with Crippen LogP contribution in [0.3, 0.4) is 0 Å². The van der Waals surface area contributed by atoms with E-state index in [-0.39, 0.29) is 5.91 Å². The molecule has 2 aromatic rings. The standard InChI is InChI=1S/C14H16ClN3OS2/c1-8-9(2)21-13-11(8)12(15)16-14(17-13)20-7-10(19)18-5-3-4-6-18/h3-7H2,1-2H3. The van der Waals surface area contributed by atoms with E-state index in [1.807, 2.05) is 11.8 Å². The van der Waals surface area contributed by atoms with Crippen LogP contribution >= 0.6 is 34.7 Å². The fourth-order valence-electron chi connectivity index (χ4n) is 2.43. The first kappa shape index (κ1) is 15.1. The SMILES string of the molecule is Cc1sc2nc(SCC(=O)N3CCCC3)nc(Cl)c2c1C. The molecule has 0 unspecified atom stereocenters. The van der Waals surface area contributed by atoms with Crippen molar-refractivity contribution in [2.24, 2.45) is 0 Å². The van der Waals surface area contributed by atoms with Crippen LogP contribution in [-0.4, -0.2) is 39.6 Å². The van der Waals surface area contributed by atoms with Crippen LogP contribution in [0.4, 0.5) is 0 Å². The normalized spacial score (nSPS) is 15.1. The summed E-state index contributed by atoms with van der Waals surface area (Å²) in [6.07, 6.45) is 2.22. The monoisotopic (exact) mass is 341 g/mol. The Balaban J connectivity index is 1.76. The summed E-state index contributed by atoms with van der Waals surface area (Å²) in [5.41, 5.74) is 1.14. The first-order chi connectivity index (χ1) is 10.1. The molecule has 3 rings (SSSR count). The highest BCUT2D eigenvalue weighted by atomic mass is 35.5. The van der Waals surface area contributed by atoms with E-state index in [4.69, 9.17) is 11.6 Å². The molecule has 21 heavy (non-hydrogen) atoms. The number of hydrogen-bond donors (Lipinski definition) is 0. The molecule has 0 aliphatic carbocycles. The van der Waals surface area contributed by atoms with Gasteiger partial charge >= 0.3 is 0 Å². The van der Waals surface area contributed by atoms with Gasteiger partial charge in [-0.2, -0.15) is 0 Å². The van der Waals surface area contributed by atoms with Gasteiger partial charge in [-0.05, 0) is 32.3 Å². The molecule has 0 N–H and O–H groups in total. The molecule has 1 aliphatic heterocycles. The predicted molar refractivity (Wildman–Crippen MR) is 88.4 cm³/mol. The number of halogens is 1. The zero-order valence-electron chi connectivity index (χ0n) is 12.0. The van der Waals surface area contributed by atoms with Crippen LogP contribution in [0, 0.1) is 13.8 Å². The maximum atomic E-state index is 12.0. The zero-order chi connectivity index (χ0) is 15.0. The third-order valence-electron chi connectivity index (χ3n) is 3.75. The number of fused-ring (bicyclic) bond motifs is 1. The van der Waals surface area contributed by atoms with Crippen molar-refractivity contribution in [1.29, 1.82) is 0 Å². The van der Waals surface area contributed by atoms with E-state index in [9.17, 15) is 4.79 Å². The lowest BCUT2D eigenvalue weighted by molar-refractivity contribution is -0.127. The van der Waals surface area contributed by atoms with Crippen molar-refractivity contribution in [3.8, 4) is 0 Å². The lowest BCUT2D eigenvalue weighted by atomic mass is 10.2. The average molecular weight is 342 g/mol. The van der Waals surface area contributed by atoms with Crippen LogP contribution in [0.25, 0.3) is 10.2 Å². The van der Waals surface area contributed by atoms with Crippen LogP contribution in [0.2, 0.25) is 5.15 Å². The molecule has 0 aromatic carbocycles. The molecular formula is C14H16ClN3OS2. The van der Waals surface area contributed by atoms with Crippen molar-refractivity contribution in [2.45, 2.75) is 31.8 Å². The van der Waals surface area contributed by atoms with E-state index in [2.05, 4.69) is 16.9 Å². The van der Waals surface area contributed by atoms with Gasteiger partial charge in [0.15, 0.2) is 5.16 Å². The Labute approximate surface area is 136 Å². The Kier molecular flexibility index (Phi) is 4.38. The second-order valence-corrected chi connectivity index (χ2v) is 7.64. The smallest absolute Gasteiger partial charge is 0.233 e. The minimum absolute atomic E-state index is 0.163. The summed E-state index contributed by atoms with van der Waals surface area (Å²) < 4.78 is 0. The van der Waals surface area contributed by atoms with Gasteiger partial charge in [0.25, 0.3) is 0 Å². The minimum atomic E-state index is 0.163. The Morgan fingerprint density at radius 3 is 2.76 bits per heavy atom. The predicted octanol–water partition coefficient (Wildman–Crippen LogP) is 3.68. The number of thioether (sulfide) groups is 1. The van der Waals surface area contributed by atoms with Gasteiger partial charge < -0.3 is 4.90 Å². The maximum absolute atomic E-state index is 12.0. The number of amides is 1. The number of thiophene rings is 1. The van der Waals surface area contributed by atoms with Gasteiger partial charge in [0.05, 0.1) is 11.1 Å². The lowest BCUT2D eigenvalue weighted by Crippen LogP contribution is -2.29. The second kappa shape index (κ2) is 6.10. The van der Waals surface area contributed by atoms with E-state index in [1.54, 1.807) is 11.3 Å². The number of aromatic nitrogens is 2. The molecule has 1 aliphatic rings. The zero-order valence-corrected chi connectivity index (χ0v) is 14.4. The summed E-state index contributed by atoms with van der Waals surface area (Å²) in [6, 6.07) is 0. The van der Waals surface area contributed by atoms with Gasteiger partial charge in [-0.1, -0.05) is 23.4 Å². The third kappa shape index (κ3) is 3.03. The Bertz CT molecular complexity index is 695. The van der Waals surface area contributed by atoms with Gasteiger partial charge in [-0.3, -0.25) is 4.79 Å². The molecule has 1 amide bonds. The van der Waals surface area contributed by atoms with Crippen LogP contribution in [-0.2, 0) is 4.79 Å². The fraction of sp³-hybridized carbons (Fsp3) is 0.500. The van der Waals surface area contributed by atoms with Crippen molar-refractivity contribution in [3.63, 3.8) is 0 Å². The highest BCUT2D eigenvalue weighted by molar-refractivity contribution is 7.99. The number of carbonyl (C=O) groups excluding carboxylic acids is 1. The molecule has 1 saturated heterocycles. The van der Waals surface area contributed by atoms with Gasteiger partial charge in [-0.15, -0.1) is 11.3 Å². The number of rotatable bonds is 3. The van der Waals surface area contributed by atoms with E-state index < -0.39 is 0 Å². The van der Waals surface area contributed by atoms with Gasteiger partial charge in [0, 0.05) is 18.0 Å². The van der Waals surface area contributed by atoms with Crippen LogP contribution in [0.5, 0.6) is 0 Å². The topological polar surface area (TPSA) is 46.1 Å².